The van der Waals surface area contributed by atoms with E-state index in [1.807, 2.05) is 0 Å². The van der Waals surface area contributed by atoms with Gasteiger partial charge in [0.25, 0.3) is 0 Å². The van der Waals surface area contributed by atoms with E-state index in [4.69, 9.17) is 5.11 Å². The van der Waals surface area contributed by atoms with Crippen LogP contribution < -0.4 is 5.32 Å². The fourth-order valence-electron chi connectivity index (χ4n) is 2.66. The second-order valence-electron chi connectivity index (χ2n) is 5.65. The summed E-state index contributed by atoms with van der Waals surface area (Å²) in [6.45, 7) is 0. The number of hydrogen-bond donors (Lipinski definition) is 2. The summed E-state index contributed by atoms with van der Waals surface area (Å²) in [5.74, 6) is -14.8. The van der Waals surface area contributed by atoms with Crippen LogP contribution in [0.5, 0.6) is 0 Å². The molecule has 0 amide bonds. The highest BCUT2D eigenvalue weighted by atomic mass is 19.2. The number of carbonyl (C=O) groups is 2. The molecular formula is C16H14F5NO3. The van der Waals surface area contributed by atoms with Crippen molar-refractivity contribution in [3.63, 3.8) is 0 Å². The molecule has 1 saturated carbocycles. The van der Waals surface area contributed by atoms with Crippen LogP contribution in [0.4, 0.5) is 22.0 Å². The Morgan fingerprint density at radius 1 is 0.880 bits per heavy atom. The zero-order valence-electron chi connectivity index (χ0n) is 12.8. The fraction of sp³-hybridized carbons (Fsp3) is 0.375. The topological polar surface area (TPSA) is 66.4 Å². The molecule has 4 nitrogen and oxygen atoms in total. The van der Waals surface area contributed by atoms with Gasteiger partial charge < -0.3 is 10.4 Å². The Morgan fingerprint density at radius 3 is 1.84 bits per heavy atom. The molecule has 0 atom stereocenters. The minimum atomic E-state index is -2.39. The highest BCUT2D eigenvalue weighted by molar-refractivity contribution is 6.08. The van der Waals surface area contributed by atoms with Crippen molar-refractivity contribution in [1.29, 1.82) is 0 Å². The summed E-state index contributed by atoms with van der Waals surface area (Å²) >= 11 is 0. The molecule has 1 fully saturated rings. The fourth-order valence-corrected chi connectivity index (χ4v) is 2.66. The molecule has 2 N–H and O–H groups in total. The Kier molecular flexibility index (Phi) is 5.76. The van der Waals surface area contributed by atoms with E-state index >= 15 is 0 Å². The lowest BCUT2D eigenvalue weighted by atomic mass is 9.95. The maximum absolute atomic E-state index is 13.6. The second kappa shape index (κ2) is 7.62. The van der Waals surface area contributed by atoms with E-state index in [0.29, 0.717) is 18.9 Å². The standard InChI is InChI=1S/C16H14F5NO3/c17-11-10(12(18)14(20)15(21)13(11)19)9(23)6-8(16(24)25)22-7-4-2-1-3-5-7/h6-7,22H,1-5H2,(H,24,25)/b8-6+. The molecule has 0 heterocycles. The number of hydrogen-bond acceptors (Lipinski definition) is 3. The van der Waals surface area contributed by atoms with Gasteiger partial charge in [0.15, 0.2) is 29.1 Å². The van der Waals surface area contributed by atoms with Gasteiger partial charge in [-0.2, -0.15) is 0 Å². The summed E-state index contributed by atoms with van der Waals surface area (Å²) in [6.07, 6.45) is 4.28. The molecule has 0 aromatic heterocycles. The molecule has 1 aliphatic rings. The van der Waals surface area contributed by atoms with Crippen molar-refractivity contribution in [2.75, 3.05) is 0 Å². The van der Waals surface area contributed by atoms with E-state index in [1.54, 1.807) is 0 Å². The summed E-state index contributed by atoms with van der Waals surface area (Å²) in [5.41, 5.74) is -2.36. The van der Waals surface area contributed by atoms with Gasteiger partial charge in [0.05, 0.1) is 5.56 Å². The number of carbonyl (C=O) groups excluding carboxylic acids is 1. The van der Waals surface area contributed by atoms with Crippen LogP contribution in [0.3, 0.4) is 0 Å². The molecule has 0 radical (unpaired) electrons. The highest BCUT2D eigenvalue weighted by Gasteiger charge is 2.29. The molecule has 0 unspecified atom stereocenters. The third-order valence-corrected chi connectivity index (χ3v) is 3.93. The van der Waals surface area contributed by atoms with Crippen LogP contribution in [0.1, 0.15) is 42.5 Å². The number of nitrogens with one attached hydrogen (secondary N) is 1. The number of carboxylic acids is 1. The van der Waals surface area contributed by atoms with Gasteiger partial charge in [-0.05, 0) is 12.8 Å². The van der Waals surface area contributed by atoms with Gasteiger partial charge in [-0.1, -0.05) is 19.3 Å². The zero-order chi connectivity index (χ0) is 18.7. The minimum absolute atomic E-state index is 0.250. The third-order valence-electron chi connectivity index (χ3n) is 3.93. The lowest BCUT2D eigenvalue weighted by Crippen LogP contribution is -2.34. The number of benzene rings is 1. The van der Waals surface area contributed by atoms with E-state index in [9.17, 15) is 31.5 Å². The first-order valence-corrected chi connectivity index (χ1v) is 7.51. The van der Waals surface area contributed by atoms with E-state index < -0.39 is 52.1 Å². The molecule has 0 aliphatic heterocycles. The predicted molar refractivity (Wildman–Crippen MR) is 76.3 cm³/mol. The Balaban J connectivity index is 2.37. The molecule has 25 heavy (non-hydrogen) atoms. The van der Waals surface area contributed by atoms with Crippen LogP contribution in [-0.4, -0.2) is 22.9 Å². The van der Waals surface area contributed by atoms with Crippen molar-refractivity contribution in [1.82, 2.24) is 5.32 Å². The van der Waals surface area contributed by atoms with Crippen molar-refractivity contribution in [3.05, 3.63) is 46.4 Å². The van der Waals surface area contributed by atoms with Crippen molar-refractivity contribution in [3.8, 4) is 0 Å². The van der Waals surface area contributed by atoms with Crippen LogP contribution in [0.15, 0.2) is 11.8 Å². The van der Waals surface area contributed by atoms with Gasteiger partial charge >= 0.3 is 5.97 Å². The molecule has 0 bridgehead atoms. The first-order valence-electron chi connectivity index (χ1n) is 7.51. The number of allylic oxidation sites excluding steroid dienone is 1. The maximum atomic E-state index is 13.6. The average Bonchev–Trinajstić information content (AvgIpc) is 2.58. The van der Waals surface area contributed by atoms with Crippen LogP contribution in [0.2, 0.25) is 0 Å². The molecular weight excluding hydrogens is 349 g/mol. The largest absolute Gasteiger partial charge is 0.477 e. The quantitative estimate of drug-likeness (QED) is 0.276. The minimum Gasteiger partial charge on any atom is -0.477 e. The van der Waals surface area contributed by atoms with E-state index in [2.05, 4.69) is 5.32 Å². The third kappa shape index (κ3) is 3.97. The summed E-state index contributed by atoms with van der Waals surface area (Å²) in [7, 11) is 0. The van der Waals surface area contributed by atoms with Gasteiger partial charge in [0.2, 0.25) is 5.82 Å². The Labute approximate surface area is 139 Å². The number of ketones is 1. The van der Waals surface area contributed by atoms with E-state index in [1.165, 1.54) is 0 Å². The number of carboxylic acid groups (broad SMARTS) is 1. The van der Waals surface area contributed by atoms with Crippen molar-refractivity contribution < 1.29 is 36.6 Å². The number of rotatable bonds is 5. The highest BCUT2D eigenvalue weighted by Crippen LogP contribution is 2.24. The predicted octanol–water partition coefficient (Wildman–Crippen LogP) is 3.46. The molecule has 1 aromatic rings. The molecule has 1 aromatic carbocycles. The van der Waals surface area contributed by atoms with E-state index in [0.717, 1.165) is 19.3 Å². The Hall–Kier alpha value is -2.45. The molecule has 9 heteroatoms. The molecule has 2 rings (SSSR count). The first-order chi connectivity index (χ1) is 11.7. The molecule has 136 valence electrons. The number of aliphatic carboxylic acids is 1. The molecule has 1 aliphatic carbocycles. The smallest absolute Gasteiger partial charge is 0.352 e. The van der Waals surface area contributed by atoms with Gasteiger partial charge in [-0.25, -0.2) is 26.7 Å². The van der Waals surface area contributed by atoms with Gasteiger partial charge in [-0.3, -0.25) is 4.79 Å². The monoisotopic (exact) mass is 363 g/mol. The van der Waals surface area contributed by atoms with Crippen LogP contribution in [-0.2, 0) is 4.79 Å². The summed E-state index contributed by atoms with van der Waals surface area (Å²) in [6, 6.07) is -0.250. The summed E-state index contributed by atoms with van der Waals surface area (Å²) in [4.78, 5) is 23.2. The lowest BCUT2D eigenvalue weighted by molar-refractivity contribution is -0.133. The van der Waals surface area contributed by atoms with Gasteiger partial charge in [0, 0.05) is 12.1 Å². The summed E-state index contributed by atoms with van der Waals surface area (Å²) < 4.78 is 66.6. The van der Waals surface area contributed by atoms with Crippen molar-refractivity contribution in [2.45, 2.75) is 38.1 Å². The van der Waals surface area contributed by atoms with Crippen molar-refractivity contribution in [2.24, 2.45) is 0 Å². The maximum Gasteiger partial charge on any atom is 0.352 e. The van der Waals surface area contributed by atoms with Crippen LogP contribution in [0.25, 0.3) is 0 Å². The lowest BCUT2D eigenvalue weighted by Gasteiger charge is -2.23. The Morgan fingerprint density at radius 2 is 1.36 bits per heavy atom. The summed E-state index contributed by atoms with van der Waals surface area (Å²) in [5, 5.41) is 11.7. The second-order valence-corrected chi connectivity index (χ2v) is 5.65. The SMILES string of the molecule is O=C(O)/C(=C\C(=O)c1c(F)c(F)c(F)c(F)c1F)NC1CCCCC1. The Bertz CT molecular complexity index is 713. The zero-order valence-corrected chi connectivity index (χ0v) is 12.8. The first kappa shape index (κ1) is 18.9. The molecule has 0 saturated heterocycles. The normalized spacial score (nSPS) is 16.0. The average molecular weight is 363 g/mol. The van der Waals surface area contributed by atoms with Gasteiger partial charge in [-0.15, -0.1) is 0 Å². The molecule has 0 spiro atoms. The van der Waals surface area contributed by atoms with Gasteiger partial charge in [0.1, 0.15) is 5.70 Å². The van der Waals surface area contributed by atoms with Crippen molar-refractivity contribution >= 4 is 11.8 Å². The number of halogens is 5. The van der Waals surface area contributed by atoms with Crippen LogP contribution in [0, 0.1) is 29.1 Å². The van der Waals surface area contributed by atoms with E-state index in [-0.39, 0.29) is 6.04 Å². The van der Waals surface area contributed by atoms with Crippen LogP contribution >= 0.6 is 0 Å².